The molecule has 0 bridgehead atoms. The third kappa shape index (κ3) is 2.25. The second-order valence-electron chi connectivity index (χ2n) is 3.66. The van der Waals surface area contributed by atoms with Crippen molar-refractivity contribution in [2.75, 3.05) is 0 Å². The van der Waals surface area contributed by atoms with Gasteiger partial charge in [-0.3, -0.25) is 4.98 Å². The Morgan fingerprint density at radius 2 is 2.27 bits per heavy atom. The summed E-state index contributed by atoms with van der Waals surface area (Å²) in [5, 5.41) is 9.10. The molecule has 15 heavy (non-hydrogen) atoms. The summed E-state index contributed by atoms with van der Waals surface area (Å²) in [5.74, 6) is 0. The predicted molar refractivity (Wildman–Crippen MR) is 58.4 cm³/mol. The van der Waals surface area contributed by atoms with Crippen LogP contribution in [0.25, 0.3) is 0 Å². The zero-order valence-electron chi connectivity index (χ0n) is 8.72. The van der Waals surface area contributed by atoms with E-state index in [1.165, 1.54) is 0 Å². The van der Waals surface area contributed by atoms with Crippen LogP contribution in [0.2, 0.25) is 0 Å². The van der Waals surface area contributed by atoms with Crippen molar-refractivity contribution in [3.8, 4) is 0 Å². The Hall–Kier alpha value is -1.61. The van der Waals surface area contributed by atoms with Crippen LogP contribution in [0.3, 0.4) is 0 Å². The average Bonchev–Trinajstić information content (AvgIpc) is 2.65. The lowest BCUT2D eigenvalue weighted by atomic mass is 10.2. The molecular weight excluding hydrogens is 188 g/mol. The van der Waals surface area contributed by atoms with Crippen molar-refractivity contribution >= 4 is 0 Å². The molecule has 2 heterocycles. The maximum absolute atomic E-state index is 9.10. The van der Waals surface area contributed by atoms with Crippen molar-refractivity contribution in [3.63, 3.8) is 0 Å². The Kier molecular flexibility index (Phi) is 2.83. The number of pyridine rings is 1. The molecular formula is C12H14N2O. The fraction of sp³-hybridized carbons (Fsp3) is 0.250. The minimum Gasteiger partial charge on any atom is -0.390 e. The number of aliphatic hydroxyl groups is 1. The van der Waals surface area contributed by atoms with Gasteiger partial charge in [0.1, 0.15) is 0 Å². The van der Waals surface area contributed by atoms with E-state index in [1.54, 1.807) is 0 Å². The molecule has 0 aromatic carbocycles. The molecule has 3 heteroatoms. The highest BCUT2D eigenvalue weighted by molar-refractivity contribution is 5.18. The molecule has 0 unspecified atom stereocenters. The van der Waals surface area contributed by atoms with Crippen LogP contribution in [-0.4, -0.2) is 14.7 Å². The molecule has 2 rings (SSSR count). The van der Waals surface area contributed by atoms with Gasteiger partial charge in [0.2, 0.25) is 0 Å². The van der Waals surface area contributed by atoms with E-state index < -0.39 is 0 Å². The number of aryl methyl sites for hydroxylation is 1. The van der Waals surface area contributed by atoms with Crippen molar-refractivity contribution in [3.05, 3.63) is 53.6 Å². The van der Waals surface area contributed by atoms with Gasteiger partial charge in [0.15, 0.2) is 0 Å². The van der Waals surface area contributed by atoms with E-state index in [9.17, 15) is 0 Å². The quantitative estimate of drug-likeness (QED) is 0.823. The van der Waals surface area contributed by atoms with Crippen LogP contribution in [0, 0.1) is 6.92 Å². The van der Waals surface area contributed by atoms with E-state index in [4.69, 9.17) is 5.11 Å². The van der Waals surface area contributed by atoms with E-state index >= 15 is 0 Å². The van der Waals surface area contributed by atoms with Crippen LogP contribution >= 0.6 is 0 Å². The Bertz CT molecular complexity index is 448. The molecule has 0 aliphatic rings. The highest BCUT2D eigenvalue weighted by atomic mass is 16.3. The summed E-state index contributed by atoms with van der Waals surface area (Å²) in [6.45, 7) is 2.86. The normalized spacial score (nSPS) is 10.5. The summed E-state index contributed by atoms with van der Waals surface area (Å²) in [4.78, 5) is 4.14. The second-order valence-corrected chi connectivity index (χ2v) is 3.66. The Labute approximate surface area is 89.0 Å². The van der Waals surface area contributed by atoms with E-state index in [-0.39, 0.29) is 6.61 Å². The number of hydrogen-bond donors (Lipinski definition) is 1. The third-order valence-electron chi connectivity index (χ3n) is 2.37. The second kappa shape index (κ2) is 4.28. The van der Waals surface area contributed by atoms with Crippen LogP contribution < -0.4 is 0 Å². The number of nitrogens with zero attached hydrogens (tertiary/aromatic N) is 2. The standard InChI is InChI=1S/C12H14N2O/c1-10-5-11(7-13-6-10)8-14-4-2-3-12(14)9-15/h2-7,15H,8-9H2,1H3. The van der Waals surface area contributed by atoms with Gasteiger partial charge in [-0.25, -0.2) is 0 Å². The van der Waals surface area contributed by atoms with Crippen molar-refractivity contribution in [2.45, 2.75) is 20.1 Å². The van der Waals surface area contributed by atoms with Crippen LogP contribution in [0.5, 0.6) is 0 Å². The van der Waals surface area contributed by atoms with Crippen molar-refractivity contribution < 1.29 is 5.11 Å². The maximum Gasteiger partial charge on any atom is 0.0832 e. The number of aromatic nitrogens is 2. The molecule has 0 amide bonds. The van der Waals surface area contributed by atoms with Gasteiger partial charge in [0.25, 0.3) is 0 Å². The summed E-state index contributed by atoms with van der Waals surface area (Å²) in [5.41, 5.74) is 3.24. The lowest BCUT2D eigenvalue weighted by molar-refractivity contribution is 0.271. The molecule has 0 saturated heterocycles. The molecule has 0 aliphatic carbocycles. The van der Waals surface area contributed by atoms with Crippen molar-refractivity contribution in [1.29, 1.82) is 0 Å². The Balaban J connectivity index is 2.22. The third-order valence-corrected chi connectivity index (χ3v) is 2.37. The zero-order chi connectivity index (χ0) is 10.7. The molecule has 3 nitrogen and oxygen atoms in total. The van der Waals surface area contributed by atoms with Gasteiger partial charge in [-0.1, -0.05) is 6.07 Å². The SMILES string of the molecule is Cc1cncc(Cn2cccc2CO)c1. The molecule has 2 aromatic rings. The van der Waals surface area contributed by atoms with Crippen LogP contribution in [0.15, 0.2) is 36.8 Å². The highest BCUT2D eigenvalue weighted by Crippen LogP contribution is 2.08. The lowest BCUT2D eigenvalue weighted by Gasteiger charge is -2.07. The average molecular weight is 202 g/mol. The minimum absolute atomic E-state index is 0.0756. The first kappa shape index (κ1) is 9.93. The summed E-state index contributed by atoms with van der Waals surface area (Å²) in [6.07, 6.45) is 5.66. The first-order valence-electron chi connectivity index (χ1n) is 4.95. The van der Waals surface area contributed by atoms with Gasteiger partial charge in [-0.05, 0) is 30.2 Å². The fourth-order valence-corrected chi connectivity index (χ4v) is 1.65. The number of rotatable bonds is 3. The first-order chi connectivity index (χ1) is 7.29. The van der Waals surface area contributed by atoms with E-state index in [0.29, 0.717) is 0 Å². The van der Waals surface area contributed by atoms with Crippen molar-refractivity contribution in [2.24, 2.45) is 0 Å². The molecule has 0 spiro atoms. The first-order valence-corrected chi connectivity index (χ1v) is 4.95. The molecule has 0 radical (unpaired) electrons. The topological polar surface area (TPSA) is 38.0 Å². The monoisotopic (exact) mass is 202 g/mol. The lowest BCUT2D eigenvalue weighted by Crippen LogP contribution is -2.03. The van der Waals surface area contributed by atoms with E-state index in [2.05, 4.69) is 11.1 Å². The summed E-state index contributed by atoms with van der Waals surface area (Å²) in [6, 6.07) is 5.96. The molecule has 0 saturated carbocycles. The van der Waals surface area contributed by atoms with Gasteiger partial charge in [-0.2, -0.15) is 0 Å². The smallest absolute Gasteiger partial charge is 0.0832 e. The van der Waals surface area contributed by atoms with E-state index in [1.807, 2.05) is 42.2 Å². The molecule has 2 aromatic heterocycles. The van der Waals surface area contributed by atoms with E-state index in [0.717, 1.165) is 23.4 Å². The number of aliphatic hydroxyl groups excluding tert-OH is 1. The van der Waals surface area contributed by atoms with Crippen LogP contribution in [-0.2, 0) is 13.2 Å². The predicted octanol–water partition coefficient (Wildman–Crippen LogP) is 1.73. The fourth-order valence-electron chi connectivity index (χ4n) is 1.65. The molecule has 0 aliphatic heterocycles. The molecule has 1 N–H and O–H groups in total. The minimum atomic E-state index is 0.0756. The van der Waals surface area contributed by atoms with Gasteiger partial charge >= 0.3 is 0 Å². The maximum atomic E-state index is 9.10. The zero-order valence-corrected chi connectivity index (χ0v) is 8.72. The summed E-state index contributed by atoms with van der Waals surface area (Å²) >= 11 is 0. The van der Waals surface area contributed by atoms with Crippen LogP contribution in [0.1, 0.15) is 16.8 Å². The number of hydrogen-bond acceptors (Lipinski definition) is 2. The van der Waals surface area contributed by atoms with Crippen LogP contribution in [0.4, 0.5) is 0 Å². The largest absolute Gasteiger partial charge is 0.390 e. The summed E-state index contributed by atoms with van der Waals surface area (Å²) in [7, 11) is 0. The highest BCUT2D eigenvalue weighted by Gasteiger charge is 2.00. The van der Waals surface area contributed by atoms with Gasteiger partial charge in [0.05, 0.1) is 6.61 Å². The molecule has 0 atom stereocenters. The van der Waals surface area contributed by atoms with Gasteiger partial charge in [0, 0.05) is 30.8 Å². The van der Waals surface area contributed by atoms with Crippen molar-refractivity contribution in [1.82, 2.24) is 9.55 Å². The van der Waals surface area contributed by atoms with Gasteiger partial charge in [-0.15, -0.1) is 0 Å². The Morgan fingerprint density at radius 3 is 3.00 bits per heavy atom. The molecule has 0 fully saturated rings. The molecule has 78 valence electrons. The Morgan fingerprint density at radius 1 is 1.40 bits per heavy atom. The summed E-state index contributed by atoms with van der Waals surface area (Å²) < 4.78 is 2.02. The van der Waals surface area contributed by atoms with Gasteiger partial charge < -0.3 is 9.67 Å².